The lowest BCUT2D eigenvalue weighted by atomic mass is 10.1. The summed E-state index contributed by atoms with van der Waals surface area (Å²) in [4.78, 5) is 17.9. The largest absolute Gasteiger partial charge is 0.482 e. The summed E-state index contributed by atoms with van der Waals surface area (Å²) in [6.07, 6.45) is 6.86. The van der Waals surface area contributed by atoms with Gasteiger partial charge in [-0.1, -0.05) is 12.1 Å². The van der Waals surface area contributed by atoms with Gasteiger partial charge >= 0.3 is 0 Å². The number of rotatable bonds is 7. The van der Waals surface area contributed by atoms with Crippen molar-refractivity contribution in [3.8, 4) is 16.9 Å². The Morgan fingerprint density at radius 3 is 2.66 bits per heavy atom. The molecule has 0 aliphatic carbocycles. The lowest BCUT2D eigenvalue weighted by Gasteiger charge is -2.17. The molecule has 4 N–H and O–H groups in total. The molecule has 0 aliphatic heterocycles. The number of carbonyl (C=O) groups is 1. The number of benzene rings is 2. The fourth-order valence-corrected chi connectivity index (χ4v) is 3.60. The number of aromatic nitrogens is 3. The van der Waals surface area contributed by atoms with Crippen molar-refractivity contribution >= 4 is 29.2 Å². The number of ether oxygens (including phenoxy) is 1. The van der Waals surface area contributed by atoms with E-state index in [1.54, 1.807) is 30.4 Å². The Balaban J connectivity index is 1.48. The molecule has 0 saturated heterocycles. The molecule has 0 saturated carbocycles. The normalized spacial score (nSPS) is 11.7. The summed E-state index contributed by atoms with van der Waals surface area (Å²) in [6, 6.07) is 16.9. The number of nitrogens with one attached hydrogen (secondary N) is 2. The zero-order valence-corrected chi connectivity index (χ0v) is 18.5. The zero-order chi connectivity index (χ0) is 22.5. The van der Waals surface area contributed by atoms with Crippen LogP contribution in [0.3, 0.4) is 0 Å². The van der Waals surface area contributed by atoms with Crippen LogP contribution >= 0.6 is 11.8 Å². The molecule has 32 heavy (non-hydrogen) atoms. The van der Waals surface area contributed by atoms with E-state index >= 15 is 0 Å². The molecule has 0 aliphatic rings. The van der Waals surface area contributed by atoms with Gasteiger partial charge in [0.2, 0.25) is 0 Å². The van der Waals surface area contributed by atoms with Crippen LogP contribution in [0, 0.1) is 0 Å². The highest BCUT2D eigenvalue weighted by Crippen LogP contribution is 2.31. The number of thioether (sulfide) groups is 1. The summed E-state index contributed by atoms with van der Waals surface area (Å²) in [5.74, 6) is 0.631. The van der Waals surface area contributed by atoms with Crippen molar-refractivity contribution in [1.29, 1.82) is 0 Å². The minimum Gasteiger partial charge on any atom is -0.482 e. The first-order chi connectivity index (χ1) is 15.5. The smallest absolute Gasteiger partial charge is 0.255 e. The first kappa shape index (κ1) is 21.5. The van der Waals surface area contributed by atoms with Crippen LogP contribution in [0.4, 0.5) is 11.5 Å². The van der Waals surface area contributed by atoms with Crippen molar-refractivity contribution in [2.75, 3.05) is 17.3 Å². The molecular weight excluding hydrogens is 422 g/mol. The highest BCUT2D eigenvalue weighted by molar-refractivity contribution is 7.98. The van der Waals surface area contributed by atoms with Gasteiger partial charge in [-0.25, -0.2) is 4.98 Å². The quantitative estimate of drug-likeness (QED) is 0.339. The predicted octanol–water partition coefficient (Wildman–Crippen LogP) is 5.17. The number of hydrogen-bond donors (Lipinski definition) is 3. The lowest BCUT2D eigenvalue weighted by Crippen LogP contribution is -2.12. The summed E-state index contributed by atoms with van der Waals surface area (Å²) in [5.41, 5.74) is 9.97. The number of amides is 1. The van der Waals surface area contributed by atoms with Crippen molar-refractivity contribution in [2.24, 2.45) is 0 Å². The molecule has 162 valence electrons. The number of H-pyrrole nitrogens is 1. The van der Waals surface area contributed by atoms with E-state index in [0.717, 1.165) is 21.6 Å². The second-order valence-electron chi connectivity index (χ2n) is 7.16. The molecule has 4 rings (SSSR count). The zero-order valence-electron chi connectivity index (χ0n) is 17.7. The van der Waals surface area contributed by atoms with E-state index in [0.29, 0.717) is 22.8 Å². The van der Waals surface area contributed by atoms with Crippen LogP contribution in [-0.2, 0) is 0 Å². The molecule has 2 heterocycles. The molecule has 0 bridgehead atoms. The van der Waals surface area contributed by atoms with Crippen LogP contribution in [0.5, 0.6) is 5.75 Å². The Morgan fingerprint density at radius 2 is 1.94 bits per heavy atom. The van der Waals surface area contributed by atoms with Crippen molar-refractivity contribution in [2.45, 2.75) is 17.9 Å². The second-order valence-corrected chi connectivity index (χ2v) is 8.04. The third-order valence-electron chi connectivity index (χ3n) is 4.98. The van der Waals surface area contributed by atoms with E-state index in [1.165, 1.54) is 0 Å². The Kier molecular flexibility index (Phi) is 6.42. The van der Waals surface area contributed by atoms with Gasteiger partial charge in [-0.05, 0) is 61.2 Å². The molecule has 8 heteroatoms. The number of hydrogen-bond acceptors (Lipinski definition) is 6. The SMILES string of the molecule is CSc1ccc(C(=O)Nc2cccc(C(C)Oc3cc(-c4cn[nH]c4)cnc3N)c2)cc1. The number of nitrogens with zero attached hydrogens (tertiary/aromatic N) is 2. The van der Waals surface area contributed by atoms with Crippen LogP contribution in [0.1, 0.15) is 28.9 Å². The topological polar surface area (TPSA) is 106 Å². The van der Waals surface area contributed by atoms with Crippen LogP contribution < -0.4 is 15.8 Å². The van der Waals surface area contributed by atoms with Gasteiger partial charge in [-0.3, -0.25) is 9.89 Å². The number of anilines is 2. The third-order valence-corrected chi connectivity index (χ3v) is 5.73. The summed E-state index contributed by atoms with van der Waals surface area (Å²) in [6.45, 7) is 1.92. The molecule has 0 spiro atoms. The van der Waals surface area contributed by atoms with E-state index in [4.69, 9.17) is 10.5 Å². The van der Waals surface area contributed by atoms with Crippen LogP contribution in [-0.4, -0.2) is 27.3 Å². The Hall–Kier alpha value is -3.78. The molecule has 7 nitrogen and oxygen atoms in total. The highest BCUT2D eigenvalue weighted by atomic mass is 32.2. The van der Waals surface area contributed by atoms with Crippen LogP contribution in [0.15, 0.2) is 78.1 Å². The minimum atomic E-state index is -0.309. The first-order valence-electron chi connectivity index (χ1n) is 10.00. The van der Waals surface area contributed by atoms with Gasteiger partial charge in [-0.2, -0.15) is 5.10 Å². The van der Waals surface area contributed by atoms with E-state index in [-0.39, 0.29) is 12.0 Å². The average molecular weight is 446 g/mol. The van der Waals surface area contributed by atoms with Gasteiger partial charge < -0.3 is 15.8 Å². The lowest BCUT2D eigenvalue weighted by molar-refractivity contribution is 0.102. The van der Waals surface area contributed by atoms with Gasteiger partial charge in [-0.15, -0.1) is 11.8 Å². The minimum absolute atomic E-state index is 0.162. The van der Waals surface area contributed by atoms with E-state index in [1.807, 2.05) is 67.8 Å². The maximum Gasteiger partial charge on any atom is 0.255 e. The number of nitrogen functional groups attached to an aromatic ring is 1. The number of nitrogens with two attached hydrogens (primary N) is 1. The summed E-state index contributed by atoms with van der Waals surface area (Å²) in [5, 5.41) is 9.69. The van der Waals surface area contributed by atoms with Crippen LogP contribution in [0.25, 0.3) is 11.1 Å². The first-order valence-corrected chi connectivity index (χ1v) is 11.2. The maximum absolute atomic E-state index is 12.6. The molecule has 4 aromatic rings. The molecular formula is C24H23N5O2S. The number of aromatic amines is 1. The van der Waals surface area contributed by atoms with Gasteiger partial charge in [0.05, 0.1) is 6.20 Å². The molecule has 1 atom stereocenters. The Bertz CT molecular complexity index is 1210. The average Bonchev–Trinajstić information content (AvgIpc) is 3.36. The third kappa shape index (κ3) is 4.92. The molecule has 2 aromatic heterocycles. The monoisotopic (exact) mass is 445 g/mol. The summed E-state index contributed by atoms with van der Waals surface area (Å²) < 4.78 is 6.11. The number of carbonyl (C=O) groups excluding carboxylic acids is 1. The van der Waals surface area contributed by atoms with Crippen molar-refractivity contribution in [3.05, 3.63) is 84.3 Å². The van der Waals surface area contributed by atoms with Crippen LogP contribution in [0.2, 0.25) is 0 Å². The summed E-state index contributed by atoms with van der Waals surface area (Å²) in [7, 11) is 0. The molecule has 0 radical (unpaired) electrons. The van der Waals surface area contributed by atoms with Crippen molar-refractivity contribution < 1.29 is 9.53 Å². The van der Waals surface area contributed by atoms with Gasteiger partial charge in [0.25, 0.3) is 5.91 Å². The molecule has 1 unspecified atom stereocenters. The van der Waals surface area contributed by atoms with E-state index < -0.39 is 0 Å². The molecule has 1 amide bonds. The Morgan fingerprint density at radius 1 is 1.12 bits per heavy atom. The van der Waals surface area contributed by atoms with Gasteiger partial charge in [0.1, 0.15) is 6.10 Å². The van der Waals surface area contributed by atoms with E-state index in [9.17, 15) is 4.79 Å². The Labute approximate surface area is 190 Å². The predicted molar refractivity (Wildman–Crippen MR) is 128 cm³/mol. The molecule has 2 aromatic carbocycles. The fourth-order valence-electron chi connectivity index (χ4n) is 3.19. The second kappa shape index (κ2) is 9.57. The van der Waals surface area contributed by atoms with Gasteiger partial charge in [0, 0.05) is 39.7 Å². The summed E-state index contributed by atoms with van der Waals surface area (Å²) >= 11 is 1.64. The van der Waals surface area contributed by atoms with Gasteiger partial charge in [0.15, 0.2) is 11.6 Å². The van der Waals surface area contributed by atoms with Crippen molar-refractivity contribution in [3.63, 3.8) is 0 Å². The van der Waals surface area contributed by atoms with E-state index in [2.05, 4.69) is 20.5 Å². The maximum atomic E-state index is 12.6. The van der Waals surface area contributed by atoms with Crippen molar-refractivity contribution in [1.82, 2.24) is 15.2 Å². The number of pyridine rings is 1. The standard InChI is InChI=1S/C24H23N5O2S/c1-15(31-22-11-18(12-26-23(22)25)19-13-27-28-14-19)17-4-3-5-20(10-17)29-24(30)16-6-8-21(32-2)9-7-16/h3-15H,1-2H3,(H2,25,26)(H,27,28)(H,29,30). The fraction of sp³-hybridized carbons (Fsp3) is 0.125. The highest BCUT2D eigenvalue weighted by Gasteiger charge is 2.14. The molecule has 0 fully saturated rings.